The monoisotopic (exact) mass is 325 g/mol. The Morgan fingerprint density at radius 2 is 1.79 bits per heavy atom. The van der Waals surface area contributed by atoms with Crippen LogP contribution in [0.4, 0.5) is 0 Å². The van der Waals surface area contributed by atoms with Gasteiger partial charge in [0.25, 0.3) is 5.91 Å². The van der Waals surface area contributed by atoms with Crippen molar-refractivity contribution in [2.45, 2.75) is 25.8 Å². The second-order valence-electron chi connectivity index (χ2n) is 6.27. The zero-order valence-corrected chi connectivity index (χ0v) is 14.3. The van der Waals surface area contributed by atoms with Crippen LogP contribution in [0.5, 0.6) is 11.5 Å². The summed E-state index contributed by atoms with van der Waals surface area (Å²) >= 11 is 0. The Bertz CT molecular complexity index is 720. The van der Waals surface area contributed by atoms with E-state index in [1.807, 2.05) is 0 Å². The summed E-state index contributed by atoms with van der Waals surface area (Å²) in [7, 11) is 3.15. The van der Waals surface area contributed by atoms with Gasteiger partial charge in [-0.1, -0.05) is 29.8 Å². The van der Waals surface area contributed by atoms with Crippen LogP contribution in [0.25, 0.3) is 0 Å². The van der Waals surface area contributed by atoms with E-state index in [2.05, 4.69) is 36.5 Å². The van der Waals surface area contributed by atoms with Crippen LogP contribution in [0.3, 0.4) is 0 Å². The summed E-state index contributed by atoms with van der Waals surface area (Å²) in [5.41, 5.74) is 2.90. The number of nitrogens with one attached hydrogen (secondary N) is 1. The van der Waals surface area contributed by atoms with E-state index >= 15 is 0 Å². The first kappa shape index (κ1) is 16.4. The van der Waals surface area contributed by atoms with Crippen LogP contribution in [0.1, 0.15) is 40.4 Å². The number of hydrogen-bond acceptors (Lipinski definition) is 3. The molecule has 1 unspecified atom stereocenters. The minimum absolute atomic E-state index is 0.0462. The molecule has 1 amide bonds. The van der Waals surface area contributed by atoms with Gasteiger partial charge in [-0.3, -0.25) is 4.79 Å². The van der Waals surface area contributed by atoms with Gasteiger partial charge >= 0.3 is 0 Å². The molecule has 2 aromatic carbocycles. The number of amides is 1. The van der Waals surface area contributed by atoms with Crippen molar-refractivity contribution in [2.75, 3.05) is 14.2 Å². The van der Waals surface area contributed by atoms with Crippen LogP contribution in [-0.2, 0) is 0 Å². The maximum Gasteiger partial charge on any atom is 0.255 e. The second-order valence-corrected chi connectivity index (χ2v) is 6.27. The highest BCUT2D eigenvalue weighted by molar-refractivity contribution is 5.97. The molecule has 2 aromatic rings. The molecule has 0 aromatic heterocycles. The standard InChI is InChI=1S/C20H23NO3/c1-13-4-6-14(7-5-13)19(15-8-9-15)21-20(22)17-11-10-16(23-2)12-18(17)24-3/h4-7,10-12,15,19H,8-9H2,1-3H3,(H,21,22). The molecule has 24 heavy (non-hydrogen) atoms. The first-order chi connectivity index (χ1) is 11.6. The lowest BCUT2D eigenvalue weighted by atomic mass is 10.0. The first-order valence-corrected chi connectivity index (χ1v) is 8.22. The molecule has 1 fully saturated rings. The quantitative estimate of drug-likeness (QED) is 0.876. The van der Waals surface area contributed by atoms with Gasteiger partial charge in [0, 0.05) is 6.07 Å². The van der Waals surface area contributed by atoms with E-state index in [1.165, 1.54) is 5.56 Å². The lowest BCUT2D eigenvalue weighted by Crippen LogP contribution is -2.30. The lowest BCUT2D eigenvalue weighted by Gasteiger charge is -2.20. The number of ether oxygens (including phenoxy) is 2. The van der Waals surface area contributed by atoms with Crippen molar-refractivity contribution in [2.24, 2.45) is 5.92 Å². The van der Waals surface area contributed by atoms with E-state index in [0.717, 1.165) is 18.4 Å². The smallest absolute Gasteiger partial charge is 0.255 e. The highest BCUT2D eigenvalue weighted by Gasteiger charge is 2.34. The minimum Gasteiger partial charge on any atom is -0.497 e. The van der Waals surface area contributed by atoms with Crippen molar-refractivity contribution in [3.05, 3.63) is 59.2 Å². The van der Waals surface area contributed by atoms with E-state index in [9.17, 15) is 4.79 Å². The molecule has 0 saturated heterocycles. The Kier molecular flexibility index (Phi) is 4.74. The van der Waals surface area contributed by atoms with Crippen molar-refractivity contribution >= 4 is 5.91 Å². The molecular weight excluding hydrogens is 302 g/mol. The summed E-state index contributed by atoms with van der Waals surface area (Å²) in [6.07, 6.45) is 2.30. The Morgan fingerprint density at radius 1 is 1.08 bits per heavy atom. The summed E-state index contributed by atoms with van der Waals surface area (Å²) < 4.78 is 10.5. The van der Waals surface area contributed by atoms with E-state index in [4.69, 9.17) is 9.47 Å². The number of aryl methyl sites for hydroxylation is 1. The molecule has 3 rings (SSSR count). The number of carbonyl (C=O) groups excluding carboxylic acids is 1. The second kappa shape index (κ2) is 6.95. The summed E-state index contributed by atoms with van der Waals surface area (Å²) in [4.78, 5) is 12.8. The van der Waals surface area contributed by atoms with Gasteiger partial charge in [0.2, 0.25) is 0 Å². The molecular formula is C20H23NO3. The molecule has 0 radical (unpaired) electrons. The predicted molar refractivity (Wildman–Crippen MR) is 93.7 cm³/mol. The Labute approximate surface area is 142 Å². The third kappa shape index (κ3) is 3.53. The highest BCUT2D eigenvalue weighted by Crippen LogP contribution is 2.41. The van der Waals surface area contributed by atoms with Crippen LogP contribution in [0, 0.1) is 12.8 Å². The van der Waals surface area contributed by atoms with Gasteiger partial charge in [0.05, 0.1) is 25.8 Å². The van der Waals surface area contributed by atoms with Gasteiger partial charge in [-0.2, -0.15) is 0 Å². The van der Waals surface area contributed by atoms with Crippen LogP contribution in [-0.4, -0.2) is 20.1 Å². The van der Waals surface area contributed by atoms with Gasteiger partial charge in [-0.15, -0.1) is 0 Å². The number of methoxy groups -OCH3 is 2. The van der Waals surface area contributed by atoms with E-state index in [0.29, 0.717) is 23.0 Å². The summed E-state index contributed by atoms with van der Waals surface area (Å²) in [6.45, 7) is 2.07. The van der Waals surface area contributed by atoms with Gasteiger partial charge in [-0.05, 0) is 43.4 Å². The van der Waals surface area contributed by atoms with Crippen molar-refractivity contribution in [3.63, 3.8) is 0 Å². The third-order valence-electron chi connectivity index (χ3n) is 4.47. The van der Waals surface area contributed by atoms with Gasteiger partial charge < -0.3 is 14.8 Å². The van der Waals surface area contributed by atoms with Crippen LogP contribution < -0.4 is 14.8 Å². The first-order valence-electron chi connectivity index (χ1n) is 8.22. The normalized spacial score (nSPS) is 14.8. The van der Waals surface area contributed by atoms with Crippen molar-refractivity contribution in [3.8, 4) is 11.5 Å². The van der Waals surface area contributed by atoms with E-state index in [-0.39, 0.29) is 11.9 Å². The fraction of sp³-hybridized carbons (Fsp3) is 0.350. The van der Waals surface area contributed by atoms with Gasteiger partial charge in [0.1, 0.15) is 11.5 Å². The van der Waals surface area contributed by atoms with Gasteiger partial charge in [-0.25, -0.2) is 0 Å². The Morgan fingerprint density at radius 3 is 2.38 bits per heavy atom. The molecule has 4 nitrogen and oxygen atoms in total. The Balaban J connectivity index is 1.83. The number of rotatable bonds is 6. The molecule has 1 aliphatic rings. The van der Waals surface area contributed by atoms with Crippen LogP contribution in [0.15, 0.2) is 42.5 Å². The van der Waals surface area contributed by atoms with Crippen molar-refractivity contribution in [1.82, 2.24) is 5.32 Å². The molecule has 126 valence electrons. The maximum atomic E-state index is 12.8. The molecule has 1 N–H and O–H groups in total. The number of hydrogen-bond donors (Lipinski definition) is 1. The fourth-order valence-electron chi connectivity index (χ4n) is 2.88. The zero-order valence-electron chi connectivity index (χ0n) is 14.3. The SMILES string of the molecule is COc1ccc(C(=O)NC(c2ccc(C)cc2)C2CC2)c(OC)c1. The third-order valence-corrected chi connectivity index (χ3v) is 4.47. The molecule has 1 saturated carbocycles. The molecule has 1 atom stereocenters. The molecule has 0 spiro atoms. The topological polar surface area (TPSA) is 47.6 Å². The molecule has 1 aliphatic carbocycles. The maximum absolute atomic E-state index is 12.8. The average molecular weight is 325 g/mol. The van der Waals surface area contributed by atoms with Gasteiger partial charge in [0.15, 0.2) is 0 Å². The van der Waals surface area contributed by atoms with Crippen molar-refractivity contribution < 1.29 is 14.3 Å². The summed E-state index contributed by atoms with van der Waals surface area (Å²) in [5.74, 6) is 1.58. The molecule has 0 heterocycles. The lowest BCUT2D eigenvalue weighted by molar-refractivity contribution is 0.0928. The molecule has 0 aliphatic heterocycles. The van der Waals surface area contributed by atoms with E-state index < -0.39 is 0 Å². The number of carbonyl (C=O) groups is 1. The largest absolute Gasteiger partial charge is 0.497 e. The highest BCUT2D eigenvalue weighted by atomic mass is 16.5. The average Bonchev–Trinajstić information content (AvgIpc) is 3.44. The van der Waals surface area contributed by atoms with Crippen molar-refractivity contribution in [1.29, 1.82) is 0 Å². The summed E-state index contributed by atoms with van der Waals surface area (Å²) in [6, 6.07) is 13.7. The molecule has 0 bridgehead atoms. The fourth-order valence-corrected chi connectivity index (χ4v) is 2.88. The zero-order chi connectivity index (χ0) is 17.1. The number of benzene rings is 2. The van der Waals surface area contributed by atoms with Crippen LogP contribution >= 0.6 is 0 Å². The predicted octanol–water partition coefficient (Wildman–Crippen LogP) is 3.89. The summed E-state index contributed by atoms with van der Waals surface area (Å²) in [5, 5.41) is 3.18. The van der Waals surface area contributed by atoms with E-state index in [1.54, 1.807) is 32.4 Å². The Hall–Kier alpha value is -2.49. The van der Waals surface area contributed by atoms with Crippen LogP contribution in [0.2, 0.25) is 0 Å². The minimum atomic E-state index is -0.119. The molecule has 4 heteroatoms.